The molecule has 6 heteroatoms. The van der Waals surface area contributed by atoms with Crippen LogP contribution in [0.4, 0.5) is 11.5 Å². The highest BCUT2D eigenvalue weighted by atomic mass is 35.5. The van der Waals surface area contributed by atoms with Gasteiger partial charge >= 0.3 is 0 Å². The average molecular weight is 340 g/mol. The van der Waals surface area contributed by atoms with Gasteiger partial charge in [-0.25, -0.2) is 0 Å². The second-order valence-corrected chi connectivity index (χ2v) is 6.40. The molecule has 0 bridgehead atoms. The Balaban J connectivity index is 1.48. The molecular formula is C18H18ClN5. The Bertz CT molecular complexity index is 831. The third-order valence-electron chi connectivity index (χ3n) is 4.31. The lowest BCUT2D eigenvalue weighted by atomic mass is 9.99. The molecule has 5 nitrogen and oxygen atoms in total. The van der Waals surface area contributed by atoms with Gasteiger partial charge in [0.2, 0.25) is 0 Å². The van der Waals surface area contributed by atoms with Crippen LogP contribution < -0.4 is 10.2 Å². The minimum absolute atomic E-state index is 0.711. The van der Waals surface area contributed by atoms with Crippen LogP contribution in [0.25, 0.3) is 0 Å². The molecule has 0 fully saturated rings. The molecule has 4 rings (SSSR count). The number of pyridine rings is 1. The molecule has 0 saturated carbocycles. The van der Waals surface area contributed by atoms with Crippen molar-refractivity contribution in [2.75, 3.05) is 16.8 Å². The zero-order chi connectivity index (χ0) is 16.4. The van der Waals surface area contributed by atoms with Crippen molar-refractivity contribution in [1.82, 2.24) is 15.2 Å². The standard InChI is InChI=1S/C18H18ClN5/c19-16-2-1-15-12-24(6-4-14(15)8-16)17-7-13(9-20-11-17)10-21-18-3-5-22-23-18/h1-3,5,7-9,11H,4,6,10,12H2,(H2,21,22,23). The van der Waals surface area contributed by atoms with Gasteiger partial charge in [0.15, 0.2) is 0 Å². The normalized spacial score (nSPS) is 13.6. The molecule has 2 aromatic heterocycles. The Labute approximate surface area is 145 Å². The minimum atomic E-state index is 0.711. The third kappa shape index (κ3) is 3.21. The molecule has 3 heterocycles. The van der Waals surface area contributed by atoms with Crippen molar-refractivity contribution in [2.24, 2.45) is 0 Å². The fourth-order valence-corrected chi connectivity index (χ4v) is 3.23. The number of benzene rings is 1. The summed E-state index contributed by atoms with van der Waals surface area (Å²) in [6.45, 7) is 2.58. The summed E-state index contributed by atoms with van der Waals surface area (Å²) >= 11 is 6.09. The molecule has 0 amide bonds. The van der Waals surface area contributed by atoms with Gasteiger partial charge in [-0.15, -0.1) is 0 Å². The number of hydrogen-bond acceptors (Lipinski definition) is 4. The Morgan fingerprint density at radius 1 is 1.17 bits per heavy atom. The van der Waals surface area contributed by atoms with Crippen molar-refractivity contribution in [1.29, 1.82) is 0 Å². The summed E-state index contributed by atoms with van der Waals surface area (Å²) in [6, 6.07) is 10.3. The van der Waals surface area contributed by atoms with Crippen molar-refractivity contribution in [2.45, 2.75) is 19.5 Å². The second-order valence-electron chi connectivity index (χ2n) is 5.96. The van der Waals surface area contributed by atoms with Crippen LogP contribution in [0.1, 0.15) is 16.7 Å². The lowest BCUT2D eigenvalue weighted by Gasteiger charge is -2.30. The molecule has 0 unspecified atom stereocenters. The maximum atomic E-state index is 6.09. The summed E-state index contributed by atoms with van der Waals surface area (Å²) in [6.07, 6.45) is 6.56. The van der Waals surface area contributed by atoms with E-state index in [0.717, 1.165) is 41.6 Å². The van der Waals surface area contributed by atoms with Gasteiger partial charge in [0, 0.05) is 30.9 Å². The van der Waals surface area contributed by atoms with Crippen LogP contribution >= 0.6 is 11.6 Å². The highest BCUT2D eigenvalue weighted by Gasteiger charge is 2.17. The van der Waals surface area contributed by atoms with Gasteiger partial charge in [0.05, 0.1) is 18.1 Å². The Morgan fingerprint density at radius 2 is 2.12 bits per heavy atom. The Kier molecular flexibility index (Phi) is 4.09. The molecule has 24 heavy (non-hydrogen) atoms. The molecule has 1 aliphatic heterocycles. The first-order chi connectivity index (χ1) is 11.8. The van der Waals surface area contributed by atoms with E-state index < -0.39 is 0 Å². The quantitative estimate of drug-likeness (QED) is 0.762. The first kappa shape index (κ1) is 15.0. The summed E-state index contributed by atoms with van der Waals surface area (Å²) in [5.74, 6) is 0.907. The van der Waals surface area contributed by atoms with Crippen molar-refractivity contribution >= 4 is 23.1 Å². The van der Waals surface area contributed by atoms with E-state index in [0.29, 0.717) is 6.54 Å². The molecule has 0 radical (unpaired) electrons. The molecule has 1 aliphatic rings. The zero-order valence-electron chi connectivity index (χ0n) is 13.2. The zero-order valence-corrected chi connectivity index (χ0v) is 13.9. The molecule has 2 N–H and O–H groups in total. The number of fused-ring (bicyclic) bond motifs is 1. The van der Waals surface area contributed by atoms with Crippen LogP contribution in [0.3, 0.4) is 0 Å². The second kappa shape index (κ2) is 6.53. The maximum Gasteiger partial charge on any atom is 0.121 e. The molecule has 0 spiro atoms. The van der Waals surface area contributed by atoms with Crippen LogP contribution in [-0.2, 0) is 19.5 Å². The van der Waals surface area contributed by atoms with Crippen LogP contribution in [0.5, 0.6) is 0 Å². The molecule has 0 atom stereocenters. The fourth-order valence-electron chi connectivity index (χ4n) is 3.04. The summed E-state index contributed by atoms with van der Waals surface area (Å²) in [5.41, 5.74) is 4.99. The number of aromatic amines is 1. The first-order valence-electron chi connectivity index (χ1n) is 7.97. The number of rotatable bonds is 4. The summed E-state index contributed by atoms with van der Waals surface area (Å²) in [4.78, 5) is 6.77. The molecule has 0 saturated heterocycles. The molecule has 122 valence electrons. The van der Waals surface area contributed by atoms with Crippen molar-refractivity contribution in [3.63, 3.8) is 0 Å². The lowest BCUT2D eigenvalue weighted by Crippen LogP contribution is -2.30. The number of nitrogens with one attached hydrogen (secondary N) is 2. The number of halogens is 1. The summed E-state index contributed by atoms with van der Waals surface area (Å²) in [5, 5.41) is 10.9. The third-order valence-corrected chi connectivity index (χ3v) is 4.54. The van der Waals surface area contributed by atoms with Crippen molar-refractivity contribution < 1.29 is 0 Å². The van der Waals surface area contributed by atoms with E-state index in [-0.39, 0.29) is 0 Å². The summed E-state index contributed by atoms with van der Waals surface area (Å²) in [7, 11) is 0. The van der Waals surface area contributed by atoms with Gasteiger partial charge in [-0.3, -0.25) is 10.1 Å². The van der Waals surface area contributed by atoms with Crippen molar-refractivity contribution in [3.8, 4) is 0 Å². The van der Waals surface area contributed by atoms with Gasteiger partial charge in [-0.2, -0.15) is 5.10 Å². The average Bonchev–Trinajstić information content (AvgIpc) is 3.13. The molecular weight excluding hydrogens is 322 g/mol. The number of H-pyrrole nitrogens is 1. The van der Waals surface area contributed by atoms with Gasteiger partial charge < -0.3 is 10.2 Å². The van der Waals surface area contributed by atoms with Gasteiger partial charge in [-0.05, 0) is 47.4 Å². The Morgan fingerprint density at radius 3 is 3.00 bits per heavy atom. The highest BCUT2D eigenvalue weighted by molar-refractivity contribution is 6.30. The number of aromatic nitrogens is 3. The van der Waals surface area contributed by atoms with Gasteiger partial charge in [0.1, 0.15) is 5.82 Å². The molecule has 1 aromatic carbocycles. The van der Waals surface area contributed by atoms with Crippen LogP contribution in [0, 0.1) is 0 Å². The molecule has 3 aromatic rings. The van der Waals surface area contributed by atoms with E-state index >= 15 is 0 Å². The topological polar surface area (TPSA) is 56.8 Å². The van der Waals surface area contributed by atoms with E-state index in [1.54, 1.807) is 6.20 Å². The minimum Gasteiger partial charge on any atom is -0.366 e. The summed E-state index contributed by atoms with van der Waals surface area (Å²) < 4.78 is 0. The SMILES string of the molecule is Clc1ccc2c(c1)CCN(c1cncc(CNc3ccn[nH]3)c1)C2. The maximum absolute atomic E-state index is 6.09. The van der Waals surface area contributed by atoms with Crippen LogP contribution in [-0.4, -0.2) is 21.7 Å². The van der Waals surface area contributed by atoms with E-state index in [1.165, 1.54) is 11.1 Å². The fraction of sp³-hybridized carbons (Fsp3) is 0.222. The lowest BCUT2D eigenvalue weighted by molar-refractivity contribution is 0.729. The van der Waals surface area contributed by atoms with E-state index in [9.17, 15) is 0 Å². The predicted molar refractivity (Wildman–Crippen MR) is 96.4 cm³/mol. The van der Waals surface area contributed by atoms with Gasteiger partial charge in [0.25, 0.3) is 0 Å². The first-order valence-corrected chi connectivity index (χ1v) is 8.35. The van der Waals surface area contributed by atoms with Crippen LogP contribution in [0.15, 0.2) is 48.9 Å². The van der Waals surface area contributed by atoms with Gasteiger partial charge in [-0.1, -0.05) is 17.7 Å². The highest BCUT2D eigenvalue weighted by Crippen LogP contribution is 2.26. The number of nitrogens with zero attached hydrogens (tertiary/aromatic N) is 3. The predicted octanol–water partition coefficient (Wildman–Crippen LogP) is 3.63. The smallest absolute Gasteiger partial charge is 0.121 e. The van der Waals surface area contributed by atoms with E-state index in [4.69, 9.17) is 11.6 Å². The van der Waals surface area contributed by atoms with Crippen LogP contribution in [0.2, 0.25) is 5.02 Å². The molecule has 0 aliphatic carbocycles. The van der Waals surface area contributed by atoms with E-state index in [1.807, 2.05) is 24.5 Å². The number of anilines is 2. The number of hydrogen-bond donors (Lipinski definition) is 2. The monoisotopic (exact) mass is 339 g/mol. The van der Waals surface area contributed by atoms with E-state index in [2.05, 4.69) is 43.6 Å². The Hall–Kier alpha value is -2.53. The van der Waals surface area contributed by atoms with Crippen molar-refractivity contribution in [3.05, 3.63) is 70.6 Å². The largest absolute Gasteiger partial charge is 0.366 e.